The lowest BCUT2D eigenvalue weighted by atomic mass is 9.34. The number of benzene rings is 7. The van der Waals surface area contributed by atoms with Gasteiger partial charge in [-0.25, -0.2) is 0 Å². The maximum absolute atomic E-state index is 3.12. The second-order valence-electron chi connectivity index (χ2n) is 28.3. The second kappa shape index (κ2) is 13.1. The Hall–Kier alpha value is -5.58. The zero-order valence-electron chi connectivity index (χ0n) is 45.3. The summed E-state index contributed by atoms with van der Waals surface area (Å²) in [6.45, 7) is 43.4. The number of hydrogen-bond donors (Lipinski definition) is 0. The van der Waals surface area contributed by atoms with Gasteiger partial charge in [-0.2, -0.15) is 0 Å². The van der Waals surface area contributed by atoms with Crippen molar-refractivity contribution in [3.63, 3.8) is 0 Å². The van der Waals surface area contributed by atoms with E-state index >= 15 is 0 Å². The van der Waals surface area contributed by atoms with Crippen molar-refractivity contribution in [2.24, 2.45) is 0 Å². The van der Waals surface area contributed by atoms with Gasteiger partial charge >= 0.3 is 0 Å². The normalized spacial score (nSPS) is 15.7. The average Bonchev–Trinajstić information content (AvgIpc) is 3.88. The number of nitrogens with zero attached hydrogens (tertiary/aromatic N) is 2. The molecule has 70 heavy (non-hydrogen) atoms. The number of hydrogen-bond acceptors (Lipinski definition) is 0. The van der Waals surface area contributed by atoms with Crippen LogP contribution in [0, 0.1) is 0 Å². The lowest BCUT2D eigenvalue weighted by Crippen LogP contribution is -2.77. The summed E-state index contributed by atoms with van der Waals surface area (Å²) in [5.41, 5.74) is 23.8. The molecule has 0 amide bonds. The molecule has 4 aliphatic heterocycles. The van der Waals surface area contributed by atoms with E-state index in [0.717, 1.165) is 0 Å². The van der Waals surface area contributed by atoms with Crippen molar-refractivity contribution in [3.8, 4) is 22.5 Å². The van der Waals surface area contributed by atoms with Gasteiger partial charge in [0.2, 0.25) is 0 Å². The van der Waals surface area contributed by atoms with E-state index in [0.29, 0.717) is 0 Å². The van der Waals surface area contributed by atoms with E-state index in [1.54, 1.807) is 20.7 Å². The van der Waals surface area contributed by atoms with Gasteiger partial charge in [-0.05, 0) is 144 Å². The van der Waals surface area contributed by atoms with E-state index in [2.05, 4.69) is 237 Å². The van der Waals surface area contributed by atoms with E-state index in [1.165, 1.54) is 116 Å². The van der Waals surface area contributed by atoms with Gasteiger partial charge in [0, 0.05) is 44.0 Å². The van der Waals surface area contributed by atoms with Crippen molar-refractivity contribution in [2.45, 2.75) is 157 Å². The van der Waals surface area contributed by atoms with Crippen LogP contribution in [0.3, 0.4) is 0 Å². The molecule has 0 radical (unpaired) electrons. The van der Waals surface area contributed by atoms with Crippen molar-refractivity contribution in [1.29, 1.82) is 0 Å². The first-order chi connectivity index (χ1) is 32.5. The predicted molar refractivity (Wildman–Crippen MR) is 308 cm³/mol. The number of aromatic nitrogens is 2. The van der Waals surface area contributed by atoms with Gasteiger partial charge in [0.1, 0.15) is 0 Å². The van der Waals surface area contributed by atoms with Crippen LogP contribution in [0.2, 0.25) is 0 Å². The number of fused-ring (bicyclic) bond motifs is 14. The SMILES string of the molecule is CC(C)(C)c1ccc2c(c1)[Si]1(c3cc(C(C)(C)C)ccc3-2)c2ccc3c4c2-n2c5c(cc(C(C)(C)C)cc5c5cc(C(C)(C)C)cc1c52)B4c1cc(C(C)(C)C)cc2c4c(C(C)(C)C)cccc4n-3c12. The molecule has 0 aliphatic carbocycles. The molecule has 4 heteroatoms. The van der Waals surface area contributed by atoms with E-state index in [-0.39, 0.29) is 39.2 Å². The van der Waals surface area contributed by atoms with Gasteiger partial charge in [0.05, 0.1) is 11.0 Å². The zero-order chi connectivity index (χ0) is 49.7. The fourth-order valence-electron chi connectivity index (χ4n) is 13.7. The molecule has 0 bridgehead atoms. The molecule has 4 aliphatic rings. The van der Waals surface area contributed by atoms with Crippen LogP contribution >= 0.6 is 0 Å². The van der Waals surface area contributed by atoms with Gasteiger partial charge < -0.3 is 9.13 Å². The first-order valence-electron chi connectivity index (χ1n) is 26.3. The van der Waals surface area contributed by atoms with Gasteiger partial charge in [0.15, 0.2) is 8.07 Å². The van der Waals surface area contributed by atoms with Crippen molar-refractivity contribution < 1.29 is 0 Å². The minimum Gasteiger partial charge on any atom is -0.310 e. The molecule has 0 saturated heterocycles. The van der Waals surface area contributed by atoms with Gasteiger partial charge in [0.25, 0.3) is 6.71 Å². The maximum atomic E-state index is 2.85. The fraction of sp³-hybridized carbons (Fsp3) is 0.364. The van der Waals surface area contributed by atoms with Crippen LogP contribution in [0.1, 0.15) is 158 Å². The highest BCUT2D eigenvalue weighted by atomic mass is 28.3. The molecule has 6 heterocycles. The van der Waals surface area contributed by atoms with Crippen molar-refractivity contribution in [2.75, 3.05) is 0 Å². The highest BCUT2D eigenvalue weighted by Crippen LogP contribution is 2.47. The van der Waals surface area contributed by atoms with Crippen LogP contribution in [0.4, 0.5) is 0 Å². The average molecular weight is 931 g/mol. The zero-order valence-corrected chi connectivity index (χ0v) is 46.3. The van der Waals surface area contributed by atoms with Gasteiger partial charge in [-0.15, -0.1) is 0 Å². The molecule has 0 N–H and O–H groups in total. The fourth-order valence-corrected chi connectivity index (χ4v) is 19.4. The molecule has 352 valence electrons. The summed E-state index contributed by atoms with van der Waals surface area (Å²) in [6, 6.07) is 43.6. The molecule has 1 spiro atoms. The van der Waals surface area contributed by atoms with Crippen molar-refractivity contribution >= 4 is 95.5 Å². The summed E-state index contributed by atoms with van der Waals surface area (Å²) < 4.78 is 5.57. The molecule has 0 fully saturated rings. The molecule has 7 aromatic carbocycles. The maximum Gasteiger partial charge on any atom is 0.252 e. The first kappa shape index (κ1) is 44.4. The third-order valence-electron chi connectivity index (χ3n) is 17.6. The van der Waals surface area contributed by atoms with Crippen LogP contribution in [0.5, 0.6) is 0 Å². The Labute approximate surface area is 418 Å². The molecule has 0 atom stereocenters. The Bertz CT molecular complexity index is 3820. The van der Waals surface area contributed by atoms with E-state index < -0.39 is 8.07 Å². The lowest BCUT2D eigenvalue weighted by molar-refractivity contribution is 0.590. The Morgan fingerprint density at radius 3 is 1.37 bits per heavy atom. The monoisotopic (exact) mass is 931 g/mol. The summed E-state index contributed by atoms with van der Waals surface area (Å²) in [6.07, 6.45) is 0. The van der Waals surface area contributed by atoms with Crippen LogP contribution in [0.15, 0.2) is 103 Å². The smallest absolute Gasteiger partial charge is 0.252 e. The highest BCUT2D eigenvalue weighted by Gasteiger charge is 2.57. The van der Waals surface area contributed by atoms with Crippen molar-refractivity contribution in [1.82, 2.24) is 9.13 Å². The molecule has 0 unspecified atom stereocenters. The number of rotatable bonds is 0. The van der Waals surface area contributed by atoms with Crippen LogP contribution in [-0.4, -0.2) is 23.9 Å². The molecule has 13 rings (SSSR count). The van der Waals surface area contributed by atoms with Crippen LogP contribution < -0.4 is 37.1 Å². The summed E-state index contributed by atoms with van der Waals surface area (Å²) in [4.78, 5) is 0. The van der Waals surface area contributed by atoms with Crippen molar-refractivity contribution in [3.05, 3.63) is 137 Å². The minimum absolute atomic E-state index is 0.0171. The molecule has 2 nitrogen and oxygen atoms in total. The predicted octanol–water partition coefficient (Wildman–Crippen LogP) is 12.5. The lowest BCUT2D eigenvalue weighted by Gasteiger charge is -2.43. The van der Waals surface area contributed by atoms with Gasteiger partial charge in [-0.3, -0.25) is 0 Å². The third-order valence-corrected chi connectivity index (χ3v) is 22.4. The molecular formula is C66H71BN2Si. The van der Waals surface area contributed by atoms with Crippen LogP contribution in [-0.2, 0) is 32.5 Å². The summed E-state index contributed by atoms with van der Waals surface area (Å²) in [7, 11) is -3.12. The van der Waals surface area contributed by atoms with Gasteiger partial charge in [-0.1, -0.05) is 197 Å². The van der Waals surface area contributed by atoms with Crippen LogP contribution in [0.25, 0.3) is 66.1 Å². The minimum atomic E-state index is -3.12. The standard InChI is InChI=1S/C66H71BN2Si/c1-61(2,3)36-22-24-41-42-25-23-37(62(4,5)6)34-53(42)70(52(41)33-36)51-27-26-50-56-60(51)69-57-43(44-29-40(65(13,14)15)35-54(70)59(44)69)28-38(63(7,8)9)31-47(57)67(56)48-32-39(64(10,11)12)30-45-55-46(66(16,17)18)20-19-21-49(55)68(50)58(45)48/h19-35H,1-18H3. The molecule has 0 saturated carbocycles. The largest absolute Gasteiger partial charge is 0.310 e. The third kappa shape index (κ3) is 5.47. The Kier molecular flexibility index (Phi) is 8.29. The topological polar surface area (TPSA) is 9.86 Å². The Morgan fingerprint density at radius 1 is 0.386 bits per heavy atom. The summed E-state index contributed by atoms with van der Waals surface area (Å²) >= 11 is 0. The summed E-state index contributed by atoms with van der Waals surface area (Å²) in [5, 5.41) is 11.9. The quantitative estimate of drug-likeness (QED) is 0.134. The highest BCUT2D eigenvalue weighted by molar-refractivity contribution is 7.24. The Balaban J connectivity index is 1.33. The first-order valence-corrected chi connectivity index (χ1v) is 28.3. The molecule has 9 aromatic rings. The molecular weight excluding hydrogens is 860 g/mol. The Morgan fingerprint density at radius 2 is 0.857 bits per heavy atom. The summed E-state index contributed by atoms with van der Waals surface area (Å²) in [5.74, 6) is 0. The van der Waals surface area contributed by atoms with E-state index in [4.69, 9.17) is 0 Å². The second-order valence-corrected chi connectivity index (χ2v) is 32.0. The van der Waals surface area contributed by atoms with E-state index in [9.17, 15) is 0 Å². The molecule has 2 aromatic heterocycles. The van der Waals surface area contributed by atoms with E-state index in [1.807, 2.05) is 0 Å².